The highest BCUT2D eigenvalue weighted by atomic mass is 35.5. The fraction of sp³-hybridized carbons (Fsp3) is 0.286. The van der Waals surface area contributed by atoms with Gasteiger partial charge in [0.15, 0.2) is 6.04 Å². The van der Waals surface area contributed by atoms with E-state index in [1.165, 1.54) is 5.56 Å². The van der Waals surface area contributed by atoms with Gasteiger partial charge in [0, 0.05) is 24.0 Å². The molecule has 0 bridgehead atoms. The number of carboxylic acids is 1. The van der Waals surface area contributed by atoms with Gasteiger partial charge in [0.2, 0.25) is 0 Å². The fourth-order valence-corrected chi connectivity index (χ4v) is 2.13. The quantitative estimate of drug-likeness (QED) is 0.856. The molecule has 5 nitrogen and oxygen atoms in total. The SMILES string of the molecule is NC(C(=O)O)c1nccn1CCCc1ccc(Cl)cc1. The molecule has 0 saturated heterocycles. The number of hydrogen-bond donors (Lipinski definition) is 2. The summed E-state index contributed by atoms with van der Waals surface area (Å²) in [5, 5.41) is 9.64. The molecule has 3 N–H and O–H groups in total. The molecule has 1 atom stereocenters. The molecule has 0 aliphatic carbocycles. The van der Waals surface area contributed by atoms with Crippen molar-refractivity contribution >= 4 is 17.6 Å². The van der Waals surface area contributed by atoms with E-state index in [4.69, 9.17) is 22.4 Å². The van der Waals surface area contributed by atoms with E-state index in [0.29, 0.717) is 12.4 Å². The van der Waals surface area contributed by atoms with E-state index in [2.05, 4.69) is 4.98 Å². The van der Waals surface area contributed by atoms with Crippen LogP contribution < -0.4 is 5.73 Å². The van der Waals surface area contributed by atoms with Crippen molar-refractivity contribution in [1.82, 2.24) is 9.55 Å². The highest BCUT2D eigenvalue weighted by Gasteiger charge is 2.19. The van der Waals surface area contributed by atoms with Gasteiger partial charge < -0.3 is 15.4 Å². The second-order valence-electron chi connectivity index (χ2n) is 4.52. The molecule has 1 heterocycles. The summed E-state index contributed by atoms with van der Waals surface area (Å²) >= 11 is 5.83. The molecule has 0 spiro atoms. The van der Waals surface area contributed by atoms with Crippen LogP contribution >= 0.6 is 11.6 Å². The fourth-order valence-electron chi connectivity index (χ4n) is 2.00. The number of carbonyl (C=O) groups is 1. The summed E-state index contributed by atoms with van der Waals surface area (Å²) in [6.45, 7) is 0.680. The van der Waals surface area contributed by atoms with E-state index in [1.54, 1.807) is 17.0 Å². The number of nitrogens with zero attached hydrogens (tertiary/aromatic N) is 2. The minimum Gasteiger partial charge on any atom is -0.480 e. The highest BCUT2D eigenvalue weighted by Crippen LogP contribution is 2.13. The summed E-state index contributed by atoms with van der Waals surface area (Å²) in [7, 11) is 0. The van der Waals surface area contributed by atoms with Gasteiger partial charge >= 0.3 is 5.97 Å². The van der Waals surface area contributed by atoms with Crippen molar-refractivity contribution in [2.75, 3.05) is 0 Å². The van der Waals surface area contributed by atoms with Crippen LogP contribution in [0.25, 0.3) is 0 Å². The van der Waals surface area contributed by atoms with Crippen LogP contribution in [0.1, 0.15) is 23.9 Å². The van der Waals surface area contributed by atoms with Gasteiger partial charge in [-0.3, -0.25) is 4.79 Å². The van der Waals surface area contributed by atoms with Crippen LogP contribution in [0.15, 0.2) is 36.7 Å². The minimum absolute atomic E-state index is 0.383. The summed E-state index contributed by atoms with van der Waals surface area (Å²) < 4.78 is 1.79. The van der Waals surface area contributed by atoms with Crippen molar-refractivity contribution in [1.29, 1.82) is 0 Å². The Balaban J connectivity index is 1.93. The molecule has 6 heteroatoms. The Hall–Kier alpha value is -1.85. The van der Waals surface area contributed by atoms with Crippen LogP contribution in [-0.2, 0) is 17.8 Å². The van der Waals surface area contributed by atoms with Crippen molar-refractivity contribution in [2.24, 2.45) is 5.73 Å². The first kappa shape index (κ1) is 14.6. The number of aryl methyl sites for hydroxylation is 2. The molecule has 0 saturated carbocycles. The monoisotopic (exact) mass is 293 g/mol. The molecular weight excluding hydrogens is 278 g/mol. The van der Waals surface area contributed by atoms with Gasteiger partial charge in [-0.05, 0) is 30.5 Å². The van der Waals surface area contributed by atoms with Gasteiger partial charge in [-0.2, -0.15) is 0 Å². The lowest BCUT2D eigenvalue weighted by molar-refractivity contribution is -0.138. The van der Waals surface area contributed by atoms with Gasteiger partial charge in [0.1, 0.15) is 5.82 Å². The molecular formula is C14H16ClN3O2. The summed E-state index contributed by atoms with van der Waals surface area (Å²) in [4.78, 5) is 14.9. The summed E-state index contributed by atoms with van der Waals surface area (Å²) in [5.41, 5.74) is 6.78. The third-order valence-corrected chi connectivity index (χ3v) is 3.32. The van der Waals surface area contributed by atoms with Crippen molar-refractivity contribution < 1.29 is 9.90 Å². The number of hydrogen-bond acceptors (Lipinski definition) is 3. The van der Waals surface area contributed by atoms with Crippen LogP contribution in [0.2, 0.25) is 5.02 Å². The Morgan fingerprint density at radius 1 is 1.40 bits per heavy atom. The lowest BCUT2D eigenvalue weighted by Gasteiger charge is -2.10. The van der Waals surface area contributed by atoms with E-state index in [1.807, 2.05) is 24.3 Å². The Bertz CT molecular complexity index is 580. The van der Waals surface area contributed by atoms with Crippen LogP contribution in [-0.4, -0.2) is 20.6 Å². The number of imidazole rings is 1. The predicted octanol–water partition coefficient (Wildman–Crippen LogP) is 2.25. The van der Waals surface area contributed by atoms with Crippen molar-refractivity contribution in [3.05, 3.63) is 53.1 Å². The third kappa shape index (κ3) is 3.59. The van der Waals surface area contributed by atoms with Crippen LogP contribution in [0.4, 0.5) is 0 Å². The van der Waals surface area contributed by atoms with Crippen LogP contribution in [0, 0.1) is 0 Å². The third-order valence-electron chi connectivity index (χ3n) is 3.07. The first-order valence-electron chi connectivity index (χ1n) is 6.32. The van der Waals surface area contributed by atoms with Crippen molar-refractivity contribution in [3.63, 3.8) is 0 Å². The Morgan fingerprint density at radius 3 is 2.75 bits per heavy atom. The standard InChI is InChI=1S/C14H16ClN3O2/c15-11-5-3-10(4-6-11)2-1-8-18-9-7-17-13(18)12(16)14(19)20/h3-7,9,12H,1-2,8,16H2,(H,19,20). The molecule has 0 fully saturated rings. The van der Waals surface area contributed by atoms with Gasteiger partial charge in [0.05, 0.1) is 0 Å². The number of rotatable bonds is 6. The largest absolute Gasteiger partial charge is 0.480 e. The van der Waals surface area contributed by atoms with Gasteiger partial charge in [-0.15, -0.1) is 0 Å². The number of nitrogens with two attached hydrogens (primary N) is 1. The molecule has 1 aromatic heterocycles. The van der Waals surface area contributed by atoms with E-state index in [0.717, 1.165) is 17.9 Å². The molecule has 1 aromatic carbocycles. The molecule has 1 unspecified atom stereocenters. The van der Waals surface area contributed by atoms with E-state index < -0.39 is 12.0 Å². The zero-order valence-electron chi connectivity index (χ0n) is 10.9. The van der Waals surface area contributed by atoms with Gasteiger partial charge in [-0.1, -0.05) is 23.7 Å². The molecule has 2 aromatic rings. The molecule has 20 heavy (non-hydrogen) atoms. The number of benzene rings is 1. The van der Waals surface area contributed by atoms with Crippen LogP contribution in [0.5, 0.6) is 0 Å². The first-order valence-corrected chi connectivity index (χ1v) is 6.69. The maximum atomic E-state index is 10.9. The van der Waals surface area contributed by atoms with Gasteiger partial charge in [0.25, 0.3) is 0 Å². The number of carboxylic acid groups (broad SMARTS) is 1. The zero-order valence-corrected chi connectivity index (χ0v) is 11.6. The lowest BCUT2D eigenvalue weighted by Crippen LogP contribution is -2.24. The average molecular weight is 294 g/mol. The Morgan fingerprint density at radius 2 is 2.10 bits per heavy atom. The summed E-state index contributed by atoms with van der Waals surface area (Å²) in [6.07, 6.45) is 5.08. The van der Waals surface area contributed by atoms with E-state index in [9.17, 15) is 4.79 Å². The summed E-state index contributed by atoms with van der Waals surface area (Å²) in [5.74, 6) is -0.691. The second kappa shape index (κ2) is 6.54. The number of aromatic nitrogens is 2. The van der Waals surface area contributed by atoms with Crippen molar-refractivity contribution in [2.45, 2.75) is 25.4 Å². The predicted molar refractivity (Wildman–Crippen MR) is 76.6 cm³/mol. The van der Waals surface area contributed by atoms with E-state index >= 15 is 0 Å². The maximum Gasteiger partial charge on any atom is 0.328 e. The molecule has 0 aliphatic rings. The molecule has 0 radical (unpaired) electrons. The molecule has 2 rings (SSSR count). The average Bonchev–Trinajstić information content (AvgIpc) is 2.88. The zero-order chi connectivity index (χ0) is 14.5. The van der Waals surface area contributed by atoms with E-state index in [-0.39, 0.29) is 0 Å². The molecule has 106 valence electrons. The Labute approximate surface area is 122 Å². The van der Waals surface area contributed by atoms with Crippen molar-refractivity contribution in [3.8, 4) is 0 Å². The Kier molecular flexibility index (Phi) is 4.76. The number of aliphatic carboxylic acids is 1. The first-order chi connectivity index (χ1) is 9.58. The normalized spacial score (nSPS) is 12.3. The smallest absolute Gasteiger partial charge is 0.328 e. The minimum atomic E-state index is -1.08. The van der Waals surface area contributed by atoms with Gasteiger partial charge in [-0.25, -0.2) is 4.98 Å². The summed E-state index contributed by atoms with van der Waals surface area (Å²) in [6, 6.07) is 6.61. The molecule has 0 aliphatic heterocycles. The maximum absolute atomic E-state index is 10.9. The lowest BCUT2D eigenvalue weighted by atomic mass is 10.1. The van der Waals surface area contributed by atoms with Crippen LogP contribution in [0.3, 0.4) is 0 Å². The molecule has 0 amide bonds. The second-order valence-corrected chi connectivity index (χ2v) is 4.96. The topological polar surface area (TPSA) is 81.1 Å². The highest BCUT2D eigenvalue weighted by molar-refractivity contribution is 6.30. The number of halogens is 1.